The topological polar surface area (TPSA) is 44.1 Å². The van der Waals surface area contributed by atoms with Crippen LogP contribution in [0.25, 0.3) is 0 Å². The fourth-order valence-electron chi connectivity index (χ4n) is 1.57. The van der Waals surface area contributed by atoms with Crippen molar-refractivity contribution in [3.63, 3.8) is 0 Å². The second kappa shape index (κ2) is 4.89. The number of hydrogen-bond acceptors (Lipinski definition) is 3. The van der Waals surface area contributed by atoms with E-state index in [0.717, 1.165) is 25.3 Å². The summed E-state index contributed by atoms with van der Waals surface area (Å²) in [6.45, 7) is 7.65. The van der Waals surface area contributed by atoms with Crippen LogP contribution in [0.3, 0.4) is 0 Å². The van der Waals surface area contributed by atoms with E-state index in [1.807, 2.05) is 22.7 Å². The van der Waals surface area contributed by atoms with E-state index in [4.69, 9.17) is 5.26 Å². The quantitative estimate of drug-likeness (QED) is 0.686. The van der Waals surface area contributed by atoms with Crippen LogP contribution in [0.15, 0.2) is 0 Å². The Labute approximate surface area is 95.8 Å². The molecule has 1 amide bonds. The average Bonchev–Trinajstić information content (AvgIpc) is 2.37. The van der Waals surface area contributed by atoms with Gasteiger partial charge in [-0.05, 0) is 13.3 Å². The van der Waals surface area contributed by atoms with Crippen molar-refractivity contribution in [2.75, 3.05) is 18.8 Å². The Balaban J connectivity index is 2.59. The maximum atomic E-state index is 11.8. The lowest BCUT2D eigenvalue weighted by Gasteiger charge is -2.23. The Hall–Kier alpha value is -0.690. The number of rotatable bonds is 1. The molecule has 0 aromatic carbocycles. The van der Waals surface area contributed by atoms with Crippen LogP contribution in [0.4, 0.5) is 0 Å². The molecule has 1 unspecified atom stereocenters. The average molecular weight is 226 g/mol. The summed E-state index contributed by atoms with van der Waals surface area (Å²) in [4.78, 5) is 13.6. The first-order valence-electron chi connectivity index (χ1n) is 5.28. The van der Waals surface area contributed by atoms with Crippen molar-refractivity contribution in [3.8, 4) is 6.07 Å². The molecule has 3 nitrogen and oxygen atoms in total. The number of carbonyl (C=O) groups is 1. The second-order valence-corrected chi connectivity index (χ2v) is 6.34. The van der Waals surface area contributed by atoms with E-state index in [1.54, 1.807) is 6.92 Å². The van der Waals surface area contributed by atoms with Crippen LogP contribution in [0.5, 0.6) is 0 Å². The molecule has 1 atom stereocenters. The molecule has 1 saturated heterocycles. The van der Waals surface area contributed by atoms with E-state index in [9.17, 15) is 4.79 Å². The molecule has 0 bridgehead atoms. The first-order chi connectivity index (χ1) is 6.96. The minimum atomic E-state index is -0.504. The number of hydrogen-bond donors (Lipinski definition) is 0. The van der Waals surface area contributed by atoms with Crippen LogP contribution < -0.4 is 0 Å². The van der Waals surface area contributed by atoms with Crippen molar-refractivity contribution in [1.29, 1.82) is 5.26 Å². The van der Waals surface area contributed by atoms with Crippen LogP contribution in [0.2, 0.25) is 0 Å². The third-order valence-corrected chi connectivity index (χ3v) is 4.09. The molecule has 0 aromatic heterocycles. The summed E-state index contributed by atoms with van der Waals surface area (Å²) in [6.07, 6.45) is 1.00. The largest absolute Gasteiger partial charge is 0.341 e. The van der Waals surface area contributed by atoms with Gasteiger partial charge in [0.15, 0.2) is 0 Å². The third-order valence-electron chi connectivity index (χ3n) is 2.71. The molecule has 1 heterocycles. The molecular formula is C11H18N2OS. The van der Waals surface area contributed by atoms with Gasteiger partial charge in [0.25, 0.3) is 0 Å². The van der Waals surface area contributed by atoms with Crippen molar-refractivity contribution in [2.45, 2.75) is 31.9 Å². The first kappa shape index (κ1) is 12.4. The molecule has 0 spiro atoms. The maximum Gasteiger partial charge on any atom is 0.239 e. The fraction of sp³-hybridized carbons (Fsp3) is 0.818. The summed E-state index contributed by atoms with van der Waals surface area (Å²) in [5.41, 5.74) is 0. The van der Waals surface area contributed by atoms with E-state index in [0.29, 0.717) is 0 Å². The highest BCUT2D eigenvalue weighted by Gasteiger charge is 2.27. The van der Waals surface area contributed by atoms with E-state index in [1.165, 1.54) is 0 Å². The molecule has 15 heavy (non-hydrogen) atoms. The highest BCUT2D eigenvalue weighted by Crippen LogP contribution is 2.30. The highest BCUT2D eigenvalue weighted by molar-refractivity contribution is 8.00. The molecule has 1 aliphatic rings. The van der Waals surface area contributed by atoms with Gasteiger partial charge in [0.05, 0.1) is 6.07 Å². The molecule has 1 aliphatic heterocycles. The molecule has 1 rings (SSSR count). The summed E-state index contributed by atoms with van der Waals surface area (Å²) in [6, 6.07) is 2.01. The number of nitrogens with zero attached hydrogens (tertiary/aromatic N) is 2. The normalized spacial score (nSPS) is 22.7. The summed E-state index contributed by atoms with van der Waals surface area (Å²) in [5.74, 6) is 0.448. The first-order valence-corrected chi connectivity index (χ1v) is 6.27. The van der Waals surface area contributed by atoms with Gasteiger partial charge in [0, 0.05) is 23.6 Å². The Morgan fingerprint density at radius 2 is 2.20 bits per heavy atom. The van der Waals surface area contributed by atoms with Crippen molar-refractivity contribution in [1.82, 2.24) is 4.90 Å². The Morgan fingerprint density at radius 3 is 2.80 bits per heavy atom. The third kappa shape index (κ3) is 3.42. The van der Waals surface area contributed by atoms with Gasteiger partial charge in [0.2, 0.25) is 5.91 Å². The van der Waals surface area contributed by atoms with Gasteiger partial charge in [-0.15, -0.1) is 0 Å². The SMILES string of the molecule is CC(C#N)C(=O)N1CCSC(C)(C)CC1. The summed E-state index contributed by atoms with van der Waals surface area (Å²) in [5, 5.41) is 8.71. The minimum absolute atomic E-state index is 0.0178. The van der Waals surface area contributed by atoms with Gasteiger partial charge >= 0.3 is 0 Å². The van der Waals surface area contributed by atoms with Gasteiger partial charge in [-0.3, -0.25) is 4.79 Å². The van der Waals surface area contributed by atoms with E-state index in [-0.39, 0.29) is 10.7 Å². The van der Waals surface area contributed by atoms with Gasteiger partial charge in [-0.25, -0.2) is 0 Å². The Morgan fingerprint density at radius 1 is 1.53 bits per heavy atom. The van der Waals surface area contributed by atoms with Crippen LogP contribution >= 0.6 is 11.8 Å². The Bertz CT molecular complexity index is 283. The number of amides is 1. The van der Waals surface area contributed by atoms with Crippen LogP contribution in [0.1, 0.15) is 27.2 Å². The summed E-state index contributed by atoms with van der Waals surface area (Å²) < 4.78 is 0.255. The highest BCUT2D eigenvalue weighted by atomic mass is 32.2. The number of thioether (sulfide) groups is 1. The molecule has 0 radical (unpaired) electrons. The molecule has 0 N–H and O–H groups in total. The predicted octanol–water partition coefficient (Wildman–Crippen LogP) is 1.89. The van der Waals surface area contributed by atoms with E-state index < -0.39 is 5.92 Å². The van der Waals surface area contributed by atoms with Gasteiger partial charge < -0.3 is 4.90 Å². The standard InChI is InChI=1S/C11H18N2OS/c1-9(8-12)10(14)13-5-4-11(2,3)15-7-6-13/h9H,4-7H2,1-3H3. The number of nitriles is 1. The summed E-state index contributed by atoms with van der Waals surface area (Å²) in [7, 11) is 0. The zero-order chi connectivity index (χ0) is 11.5. The molecule has 4 heteroatoms. The van der Waals surface area contributed by atoms with E-state index >= 15 is 0 Å². The lowest BCUT2D eigenvalue weighted by Crippen LogP contribution is -2.36. The molecular weight excluding hydrogens is 208 g/mol. The van der Waals surface area contributed by atoms with Gasteiger partial charge in [-0.1, -0.05) is 13.8 Å². The van der Waals surface area contributed by atoms with Crippen molar-refractivity contribution in [3.05, 3.63) is 0 Å². The number of carbonyl (C=O) groups excluding carboxylic acids is 1. The van der Waals surface area contributed by atoms with Crippen LogP contribution in [-0.4, -0.2) is 34.4 Å². The van der Waals surface area contributed by atoms with Crippen molar-refractivity contribution in [2.24, 2.45) is 5.92 Å². The lowest BCUT2D eigenvalue weighted by atomic mass is 10.1. The lowest BCUT2D eigenvalue weighted by molar-refractivity contribution is -0.133. The second-order valence-electron chi connectivity index (χ2n) is 4.53. The zero-order valence-electron chi connectivity index (χ0n) is 9.62. The zero-order valence-corrected chi connectivity index (χ0v) is 10.4. The predicted molar refractivity (Wildman–Crippen MR) is 62.5 cm³/mol. The fourth-order valence-corrected chi connectivity index (χ4v) is 2.67. The summed E-state index contributed by atoms with van der Waals surface area (Å²) >= 11 is 1.90. The minimum Gasteiger partial charge on any atom is -0.341 e. The molecule has 0 aromatic rings. The molecule has 1 fully saturated rings. The van der Waals surface area contributed by atoms with Gasteiger partial charge in [0.1, 0.15) is 5.92 Å². The Kier molecular flexibility index (Phi) is 4.04. The molecule has 0 aliphatic carbocycles. The van der Waals surface area contributed by atoms with Crippen molar-refractivity contribution < 1.29 is 4.79 Å². The monoisotopic (exact) mass is 226 g/mol. The maximum absolute atomic E-state index is 11.8. The van der Waals surface area contributed by atoms with Crippen molar-refractivity contribution >= 4 is 17.7 Å². The molecule has 0 saturated carbocycles. The van der Waals surface area contributed by atoms with Gasteiger partial charge in [-0.2, -0.15) is 17.0 Å². The van der Waals surface area contributed by atoms with E-state index in [2.05, 4.69) is 13.8 Å². The smallest absolute Gasteiger partial charge is 0.239 e. The molecule has 84 valence electrons. The van der Waals surface area contributed by atoms with Crippen LogP contribution in [-0.2, 0) is 4.79 Å². The van der Waals surface area contributed by atoms with Crippen LogP contribution in [0, 0.1) is 17.2 Å².